The van der Waals surface area contributed by atoms with Crippen LogP contribution in [-0.2, 0) is 16.6 Å². The average molecular weight is 373 g/mol. The molecule has 1 aromatic carbocycles. The third-order valence-corrected chi connectivity index (χ3v) is 5.15. The monoisotopic (exact) mass is 372 g/mol. The van der Waals surface area contributed by atoms with Crippen LogP contribution in [0.25, 0.3) is 0 Å². The molecule has 8 heteroatoms. The van der Waals surface area contributed by atoms with E-state index in [4.69, 9.17) is 0 Å². The van der Waals surface area contributed by atoms with Gasteiger partial charge in [-0.15, -0.1) is 0 Å². The number of halogens is 1. The maximum atomic E-state index is 12.3. The second-order valence-electron chi connectivity index (χ2n) is 4.53. The molecule has 114 valence electrons. The van der Waals surface area contributed by atoms with Gasteiger partial charge in [-0.3, -0.25) is 9.82 Å². The van der Waals surface area contributed by atoms with Crippen molar-refractivity contribution in [2.24, 2.45) is 0 Å². The first-order valence-corrected chi connectivity index (χ1v) is 8.81. The number of anilines is 1. The summed E-state index contributed by atoms with van der Waals surface area (Å²) in [6.45, 7) is 3.74. The van der Waals surface area contributed by atoms with E-state index in [1.807, 2.05) is 6.07 Å². The number of H-pyrrole nitrogens is 1. The number of hydrogen-bond acceptors (Lipinski definition) is 4. The van der Waals surface area contributed by atoms with Gasteiger partial charge < -0.3 is 5.32 Å². The number of benzene rings is 1. The number of hydrogen-bond donors (Lipinski definition) is 3. The van der Waals surface area contributed by atoms with E-state index in [-0.39, 0.29) is 4.90 Å². The van der Waals surface area contributed by atoms with Crippen LogP contribution in [0.4, 0.5) is 5.69 Å². The summed E-state index contributed by atoms with van der Waals surface area (Å²) in [5, 5.41) is 9.54. The zero-order chi connectivity index (χ0) is 15.3. The first-order chi connectivity index (χ1) is 10.0. The fraction of sp³-hybridized carbons (Fsp3) is 0.308. The quantitative estimate of drug-likeness (QED) is 0.651. The van der Waals surface area contributed by atoms with Crippen molar-refractivity contribution >= 4 is 31.6 Å². The van der Waals surface area contributed by atoms with Gasteiger partial charge in [0.1, 0.15) is 4.90 Å². The maximum absolute atomic E-state index is 12.3. The normalized spacial score (nSPS) is 11.5. The van der Waals surface area contributed by atoms with E-state index in [2.05, 4.69) is 43.1 Å². The lowest BCUT2D eigenvalue weighted by atomic mass is 10.2. The van der Waals surface area contributed by atoms with Gasteiger partial charge in [0, 0.05) is 17.2 Å². The van der Waals surface area contributed by atoms with E-state index in [9.17, 15) is 8.42 Å². The van der Waals surface area contributed by atoms with Crippen LogP contribution in [0, 0.1) is 0 Å². The van der Waals surface area contributed by atoms with Crippen molar-refractivity contribution in [1.29, 1.82) is 0 Å². The third kappa shape index (κ3) is 4.29. The minimum Gasteiger partial charge on any atom is -0.313 e. The van der Waals surface area contributed by atoms with E-state index in [1.165, 1.54) is 12.4 Å². The second-order valence-corrected chi connectivity index (χ2v) is 7.04. The molecule has 0 unspecified atom stereocenters. The van der Waals surface area contributed by atoms with Crippen LogP contribution in [0.5, 0.6) is 0 Å². The molecule has 0 aliphatic rings. The molecule has 21 heavy (non-hydrogen) atoms. The highest BCUT2D eigenvalue weighted by atomic mass is 79.9. The molecule has 0 atom stereocenters. The Hall–Kier alpha value is -1.38. The largest absolute Gasteiger partial charge is 0.313 e. The summed E-state index contributed by atoms with van der Waals surface area (Å²) < 4.78 is 27.6. The Labute approximate surface area is 132 Å². The first kappa shape index (κ1) is 16.0. The lowest BCUT2D eigenvalue weighted by Crippen LogP contribution is -2.15. The van der Waals surface area contributed by atoms with Gasteiger partial charge >= 0.3 is 0 Å². The van der Waals surface area contributed by atoms with Crippen molar-refractivity contribution in [3.05, 3.63) is 40.6 Å². The van der Waals surface area contributed by atoms with Crippen molar-refractivity contribution in [1.82, 2.24) is 15.5 Å². The standard InChI is InChI=1S/C13H17BrN4O2S/c1-2-5-15-7-10-3-4-13(12(14)6-10)21(19,20)18-11-8-16-17-9-11/h3-4,6,8-9,15,18H,2,5,7H2,1H3,(H,16,17). The molecule has 0 fully saturated rings. The SMILES string of the molecule is CCCNCc1ccc(S(=O)(=O)Nc2cn[nH]c2)c(Br)c1. The number of nitrogens with one attached hydrogen (secondary N) is 3. The molecule has 1 heterocycles. The zero-order valence-corrected chi connectivity index (χ0v) is 14.0. The Bertz CT molecular complexity index is 686. The fourth-order valence-corrected chi connectivity index (χ4v) is 3.96. The fourth-order valence-electron chi connectivity index (χ4n) is 1.80. The first-order valence-electron chi connectivity index (χ1n) is 6.53. The van der Waals surface area contributed by atoms with Gasteiger partial charge in [0.2, 0.25) is 0 Å². The van der Waals surface area contributed by atoms with Crippen molar-refractivity contribution < 1.29 is 8.42 Å². The van der Waals surface area contributed by atoms with Crippen molar-refractivity contribution in [2.75, 3.05) is 11.3 Å². The van der Waals surface area contributed by atoms with Crippen molar-refractivity contribution in [3.63, 3.8) is 0 Å². The van der Waals surface area contributed by atoms with E-state index < -0.39 is 10.0 Å². The van der Waals surface area contributed by atoms with Gasteiger partial charge in [-0.1, -0.05) is 13.0 Å². The molecular formula is C13H17BrN4O2S. The minimum absolute atomic E-state index is 0.197. The number of rotatable bonds is 7. The minimum atomic E-state index is -3.63. The van der Waals surface area contributed by atoms with E-state index in [1.54, 1.807) is 12.1 Å². The number of nitrogens with zero attached hydrogens (tertiary/aromatic N) is 1. The molecule has 0 bridgehead atoms. The van der Waals surface area contributed by atoms with Gasteiger partial charge in [0.15, 0.2) is 0 Å². The summed E-state index contributed by atoms with van der Waals surface area (Å²) in [5.74, 6) is 0. The molecule has 2 rings (SSSR count). The Morgan fingerprint density at radius 2 is 2.19 bits per heavy atom. The second kappa shape index (κ2) is 7.06. The van der Waals surface area contributed by atoms with Crippen LogP contribution >= 0.6 is 15.9 Å². The molecule has 0 amide bonds. The number of aromatic amines is 1. The molecule has 0 saturated heterocycles. The summed E-state index contributed by atoms with van der Waals surface area (Å²) in [7, 11) is -3.63. The third-order valence-electron chi connectivity index (χ3n) is 2.79. The van der Waals surface area contributed by atoms with Crippen LogP contribution in [0.2, 0.25) is 0 Å². The van der Waals surface area contributed by atoms with E-state index in [0.29, 0.717) is 16.7 Å². The summed E-state index contributed by atoms with van der Waals surface area (Å²) in [5.41, 5.74) is 1.42. The van der Waals surface area contributed by atoms with Gasteiger partial charge in [0.25, 0.3) is 10.0 Å². The summed E-state index contributed by atoms with van der Waals surface area (Å²) in [4.78, 5) is 0.197. The van der Waals surface area contributed by atoms with Crippen LogP contribution in [0.15, 0.2) is 40.0 Å². The predicted octanol–water partition coefficient (Wildman–Crippen LogP) is 2.47. The highest BCUT2D eigenvalue weighted by molar-refractivity contribution is 9.10. The van der Waals surface area contributed by atoms with Crippen LogP contribution < -0.4 is 10.0 Å². The smallest absolute Gasteiger partial charge is 0.263 e. The number of sulfonamides is 1. The zero-order valence-electron chi connectivity index (χ0n) is 11.6. The predicted molar refractivity (Wildman–Crippen MR) is 85.5 cm³/mol. The van der Waals surface area contributed by atoms with Gasteiger partial charge in [0.05, 0.1) is 11.9 Å². The molecule has 1 aromatic heterocycles. The van der Waals surface area contributed by atoms with E-state index >= 15 is 0 Å². The molecule has 3 N–H and O–H groups in total. The lowest BCUT2D eigenvalue weighted by molar-refractivity contribution is 0.600. The number of aromatic nitrogens is 2. The van der Waals surface area contributed by atoms with Crippen molar-refractivity contribution in [3.8, 4) is 0 Å². The van der Waals surface area contributed by atoms with Gasteiger partial charge in [-0.05, 0) is 46.6 Å². The Balaban J connectivity index is 2.16. The highest BCUT2D eigenvalue weighted by Gasteiger charge is 2.18. The molecule has 6 nitrogen and oxygen atoms in total. The highest BCUT2D eigenvalue weighted by Crippen LogP contribution is 2.25. The topological polar surface area (TPSA) is 86.9 Å². The molecule has 0 aliphatic heterocycles. The summed E-state index contributed by atoms with van der Waals surface area (Å²) in [6, 6.07) is 5.21. The van der Waals surface area contributed by atoms with Crippen LogP contribution in [-0.4, -0.2) is 25.2 Å². The van der Waals surface area contributed by atoms with E-state index in [0.717, 1.165) is 18.5 Å². The molecule has 0 aliphatic carbocycles. The maximum Gasteiger partial charge on any atom is 0.263 e. The molecule has 0 radical (unpaired) electrons. The molecule has 0 spiro atoms. The Morgan fingerprint density at radius 3 is 2.81 bits per heavy atom. The van der Waals surface area contributed by atoms with Gasteiger partial charge in [-0.25, -0.2) is 8.42 Å². The van der Waals surface area contributed by atoms with Crippen molar-refractivity contribution in [2.45, 2.75) is 24.8 Å². The van der Waals surface area contributed by atoms with Crippen LogP contribution in [0.3, 0.4) is 0 Å². The lowest BCUT2D eigenvalue weighted by Gasteiger charge is -2.10. The van der Waals surface area contributed by atoms with Gasteiger partial charge in [-0.2, -0.15) is 5.10 Å². The summed E-state index contributed by atoms with van der Waals surface area (Å²) >= 11 is 3.33. The Morgan fingerprint density at radius 1 is 1.38 bits per heavy atom. The average Bonchev–Trinajstić information content (AvgIpc) is 2.91. The van der Waals surface area contributed by atoms with Crippen LogP contribution in [0.1, 0.15) is 18.9 Å². The molecular weight excluding hydrogens is 356 g/mol. The summed E-state index contributed by atoms with van der Waals surface area (Å²) in [6.07, 6.45) is 3.95. The Kier molecular flexibility index (Phi) is 5.38. The molecule has 2 aromatic rings. The molecule has 0 saturated carbocycles.